The number of carbonyl (C=O) groups is 5. The number of aliphatic hydroxyl groups is 2. The standard InChI is InChI=1S/C34H50O12/c1-9-12-13-14-15-17-24(37)43-28-26-25(20(5)27(28)44-30(38)19(4)11-3)29-34(41,33(8,40)31(39)45-29)22(42-23(36)16-10-2)18-32(26,7)46-21(6)35/h11,22,26-29,40-41H,9-10,12-18H2,1-8H3/b19-11-/t22-,26+,27-,28-,29-,32-,33+,34+/m0/s1. The van der Waals surface area contributed by atoms with Crippen molar-refractivity contribution in [3.05, 3.63) is 22.8 Å². The maximum absolute atomic E-state index is 13.3. The first-order valence-corrected chi connectivity index (χ1v) is 16.3. The first-order valence-electron chi connectivity index (χ1n) is 16.3. The number of allylic oxidation sites excluding steroid dienone is 1. The van der Waals surface area contributed by atoms with Crippen LogP contribution in [0.3, 0.4) is 0 Å². The molecule has 3 rings (SSSR count). The Morgan fingerprint density at radius 2 is 1.57 bits per heavy atom. The largest absolute Gasteiger partial charge is 0.459 e. The Balaban J connectivity index is 2.23. The van der Waals surface area contributed by atoms with Gasteiger partial charge in [0.1, 0.15) is 11.7 Å². The molecule has 12 nitrogen and oxygen atoms in total. The predicted octanol–water partition coefficient (Wildman–Crippen LogP) is 3.93. The van der Waals surface area contributed by atoms with E-state index in [-0.39, 0.29) is 29.6 Å². The van der Waals surface area contributed by atoms with Crippen LogP contribution in [0.4, 0.5) is 0 Å². The molecule has 0 radical (unpaired) electrons. The van der Waals surface area contributed by atoms with E-state index in [1.165, 1.54) is 13.8 Å². The quantitative estimate of drug-likeness (QED) is 0.0969. The van der Waals surface area contributed by atoms with Gasteiger partial charge in [0.2, 0.25) is 0 Å². The molecule has 46 heavy (non-hydrogen) atoms. The summed E-state index contributed by atoms with van der Waals surface area (Å²) in [5.74, 6) is -5.03. The van der Waals surface area contributed by atoms with E-state index in [9.17, 15) is 34.2 Å². The van der Waals surface area contributed by atoms with Crippen LogP contribution in [0.15, 0.2) is 22.8 Å². The van der Waals surface area contributed by atoms with Crippen LogP contribution in [0.1, 0.15) is 113 Å². The summed E-state index contributed by atoms with van der Waals surface area (Å²) in [5, 5.41) is 23.9. The molecule has 8 atom stereocenters. The fraction of sp³-hybridized carbons (Fsp3) is 0.735. The molecular formula is C34H50O12. The first kappa shape index (κ1) is 37.2. The molecule has 0 aromatic heterocycles. The molecule has 0 aromatic rings. The minimum absolute atomic E-state index is 0.0234. The zero-order valence-corrected chi connectivity index (χ0v) is 28.3. The molecule has 2 aliphatic carbocycles. The predicted molar refractivity (Wildman–Crippen MR) is 164 cm³/mol. The van der Waals surface area contributed by atoms with E-state index in [0.717, 1.165) is 32.6 Å². The number of hydrogen-bond donors (Lipinski definition) is 2. The van der Waals surface area contributed by atoms with Gasteiger partial charge in [-0.3, -0.25) is 14.4 Å². The number of rotatable bonds is 13. The summed E-state index contributed by atoms with van der Waals surface area (Å²) in [7, 11) is 0. The molecule has 0 unspecified atom stereocenters. The molecule has 0 bridgehead atoms. The molecular weight excluding hydrogens is 600 g/mol. The Hall–Kier alpha value is -3.25. The highest BCUT2D eigenvalue weighted by molar-refractivity contribution is 5.88. The van der Waals surface area contributed by atoms with Gasteiger partial charge in [0, 0.05) is 31.8 Å². The minimum Gasteiger partial charge on any atom is -0.459 e. The maximum atomic E-state index is 13.3. The van der Waals surface area contributed by atoms with Gasteiger partial charge in [-0.2, -0.15) is 0 Å². The van der Waals surface area contributed by atoms with Crippen molar-refractivity contribution < 1.29 is 57.9 Å². The zero-order chi connectivity index (χ0) is 34.6. The average Bonchev–Trinajstić information content (AvgIpc) is 3.30. The van der Waals surface area contributed by atoms with Crippen LogP contribution in [0.2, 0.25) is 0 Å². The topological polar surface area (TPSA) is 172 Å². The van der Waals surface area contributed by atoms with E-state index in [4.69, 9.17) is 23.7 Å². The summed E-state index contributed by atoms with van der Waals surface area (Å²) in [4.78, 5) is 65.1. The zero-order valence-electron chi connectivity index (χ0n) is 28.3. The van der Waals surface area contributed by atoms with Crippen LogP contribution in [0, 0.1) is 5.92 Å². The van der Waals surface area contributed by atoms with Crippen molar-refractivity contribution in [2.24, 2.45) is 5.92 Å². The molecule has 1 saturated carbocycles. The average molecular weight is 651 g/mol. The molecule has 0 amide bonds. The van der Waals surface area contributed by atoms with E-state index >= 15 is 0 Å². The number of ether oxygens (including phenoxy) is 5. The third-order valence-corrected chi connectivity index (χ3v) is 9.51. The molecule has 1 aliphatic heterocycles. The number of fused-ring (bicyclic) bond motifs is 3. The van der Waals surface area contributed by atoms with E-state index in [1.54, 1.807) is 33.8 Å². The number of hydrogen-bond acceptors (Lipinski definition) is 12. The maximum Gasteiger partial charge on any atom is 0.341 e. The van der Waals surface area contributed by atoms with Crippen molar-refractivity contribution in [3.63, 3.8) is 0 Å². The summed E-state index contributed by atoms with van der Waals surface area (Å²) in [6.45, 7) is 12.4. The lowest BCUT2D eigenvalue weighted by molar-refractivity contribution is -0.212. The summed E-state index contributed by atoms with van der Waals surface area (Å²) < 4.78 is 29.3. The lowest BCUT2D eigenvalue weighted by atomic mass is 9.75. The third-order valence-electron chi connectivity index (χ3n) is 9.51. The van der Waals surface area contributed by atoms with Crippen LogP contribution >= 0.6 is 0 Å². The van der Waals surface area contributed by atoms with Gasteiger partial charge in [0.05, 0.1) is 5.92 Å². The number of esters is 5. The van der Waals surface area contributed by atoms with Crippen molar-refractivity contribution in [2.45, 2.75) is 154 Å². The van der Waals surface area contributed by atoms with E-state index in [0.29, 0.717) is 12.8 Å². The van der Waals surface area contributed by atoms with Crippen LogP contribution in [-0.2, 0) is 47.7 Å². The van der Waals surface area contributed by atoms with Gasteiger partial charge in [-0.15, -0.1) is 0 Å². The van der Waals surface area contributed by atoms with Gasteiger partial charge in [-0.1, -0.05) is 45.6 Å². The van der Waals surface area contributed by atoms with Crippen LogP contribution < -0.4 is 0 Å². The molecule has 3 aliphatic rings. The van der Waals surface area contributed by atoms with E-state index < -0.39 is 83.4 Å². The Morgan fingerprint density at radius 3 is 2.15 bits per heavy atom. The molecule has 258 valence electrons. The van der Waals surface area contributed by atoms with Gasteiger partial charge >= 0.3 is 29.8 Å². The fourth-order valence-electron chi connectivity index (χ4n) is 6.90. The Morgan fingerprint density at radius 1 is 0.935 bits per heavy atom. The van der Waals surface area contributed by atoms with E-state index in [1.807, 2.05) is 0 Å². The summed E-state index contributed by atoms with van der Waals surface area (Å²) >= 11 is 0. The molecule has 1 heterocycles. The smallest absolute Gasteiger partial charge is 0.341 e. The Bertz CT molecular complexity index is 1260. The molecule has 0 spiro atoms. The summed E-state index contributed by atoms with van der Waals surface area (Å²) in [5.41, 5.74) is -6.12. The Labute approximate surface area is 270 Å². The van der Waals surface area contributed by atoms with Crippen LogP contribution in [0.5, 0.6) is 0 Å². The molecule has 1 saturated heterocycles. The van der Waals surface area contributed by atoms with Gasteiger partial charge in [-0.05, 0) is 58.6 Å². The second-order valence-corrected chi connectivity index (χ2v) is 13.1. The second kappa shape index (κ2) is 14.7. The first-order chi connectivity index (χ1) is 21.5. The van der Waals surface area contributed by atoms with Gasteiger partial charge in [0.15, 0.2) is 29.5 Å². The highest BCUT2D eigenvalue weighted by Crippen LogP contribution is 2.57. The second-order valence-electron chi connectivity index (χ2n) is 13.1. The highest BCUT2D eigenvalue weighted by Gasteiger charge is 2.76. The molecule has 0 aromatic carbocycles. The van der Waals surface area contributed by atoms with Gasteiger partial charge < -0.3 is 33.9 Å². The van der Waals surface area contributed by atoms with Crippen molar-refractivity contribution in [3.8, 4) is 0 Å². The summed E-state index contributed by atoms with van der Waals surface area (Å²) in [6.07, 6.45) is 0.272. The summed E-state index contributed by atoms with van der Waals surface area (Å²) in [6, 6.07) is 0. The number of unbranched alkanes of at least 4 members (excludes halogenated alkanes) is 4. The van der Waals surface area contributed by atoms with Crippen molar-refractivity contribution >= 4 is 29.8 Å². The van der Waals surface area contributed by atoms with Crippen LogP contribution in [-0.4, -0.2) is 81.3 Å². The highest BCUT2D eigenvalue weighted by atomic mass is 16.6. The monoisotopic (exact) mass is 650 g/mol. The minimum atomic E-state index is -2.57. The lowest BCUT2D eigenvalue weighted by Crippen LogP contribution is -2.64. The van der Waals surface area contributed by atoms with Crippen molar-refractivity contribution in [1.29, 1.82) is 0 Å². The van der Waals surface area contributed by atoms with Gasteiger partial charge in [0.25, 0.3) is 0 Å². The third kappa shape index (κ3) is 7.02. The molecule has 2 fully saturated rings. The molecule has 2 N–H and O–H groups in total. The number of carbonyl (C=O) groups excluding carboxylic acids is 5. The lowest BCUT2D eigenvalue weighted by Gasteiger charge is -2.41. The van der Waals surface area contributed by atoms with Gasteiger partial charge in [-0.25, -0.2) is 9.59 Å². The van der Waals surface area contributed by atoms with Crippen molar-refractivity contribution in [2.75, 3.05) is 0 Å². The Kier molecular flexibility index (Phi) is 11.9. The normalized spacial score (nSPS) is 33.8. The fourth-order valence-corrected chi connectivity index (χ4v) is 6.90. The SMILES string of the molecule is C/C=C(/C)C(=O)O[C@H]1C(C)=C2[C@H]([C@@H]1OC(=O)CCCCCCC)[C@@](C)(OC(C)=O)C[C@H](OC(=O)CCC)[C@@]1(O)[C@H]2OC(=O)[C@@]1(C)O. The van der Waals surface area contributed by atoms with Crippen molar-refractivity contribution in [1.82, 2.24) is 0 Å². The molecule has 12 heteroatoms. The van der Waals surface area contributed by atoms with E-state index in [2.05, 4.69) is 6.92 Å². The van der Waals surface area contributed by atoms with Crippen LogP contribution in [0.25, 0.3) is 0 Å².